The Morgan fingerprint density at radius 3 is 2.75 bits per heavy atom. The largest absolute Gasteiger partial charge is 0.481 e. The predicted octanol–water partition coefficient (Wildman–Crippen LogP) is 1.77. The van der Waals surface area contributed by atoms with E-state index < -0.39 is 11.4 Å². The van der Waals surface area contributed by atoms with E-state index in [0.717, 1.165) is 0 Å². The van der Waals surface area contributed by atoms with Crippen LogP contribution in [0.25, 0.3) is 0 Å². The van der Waals surface area contributed by atoms with Crippen molar-refractivity contribution in [1.82, 2.24) is 5.32 Å². The SMILES string of the molecule is O=C(NCC1(C(=O)O)CC1)c1cc(Br)c2c(c1)OCO2. The highest BCUT2D eigenvalue weighted by Gasteiger charge is 2.50. The molecule has 7 heteroatoms. The number of carboxylic acid groups (broad SMARTS) is 1. The molecular formula is C13H12BrNO5. The van der Waals surface area contributed by atoms with Gasteiger partial charge in [-0.25, -0.2) is 0 Å². The molecule has 1 heterocycles. The number of ether oxygens (including phenoxy) is 2. The van der Waals surface area contributed by atoms with Crippen LogP contribution >= 0.6 is 15.9 Å². The summed E-state index contributed by atoms with van der Waals surface area (Å²) in [6.07, 6.45) is 1.21. The number of hydrogen-bond acceptors (Lipinski definition) is 4. The molecule has 20 heavy (non-hydrogen) atoms. The molecule has 1 aliphatic carbocycles. The number of halogens is 1. The van der Waals surface area contributed by atoms with Gasteiger partial charge in [0.25, 0.3) is 5.91 Å². The molecule has 6 nitrogen and oxygen atoms in total. The lowest BCUT2D eigenvalue weighted by Crippen LogP contribution is -2.34. The van der Waals surface area contributed by atoms with Crippen LogP contribution in [0.5, 0.6) is 11.5 Å². The number of carboxylic acids is 1. The molecule has 0 unspecified atom stereocenters. The van der Waals surface area contributed by atoms with Gasteiger partial charge in [-0.3, -0.25) is 9.59 Å². The van der Waals surface area contributed by atoms with Crippen LogP contribution in [0.15, 0.2) is 16.6 Å². The molecule has 1 fully saturated rings. The van der Waals surface area contributed by atoms with Crippen LogP contribution in [-0.4, -0.2) is 30.3 Å². The minimum Gasteiger partial charge on any atom is -0.481 e. The fraction of sp³-hybridized carbons (Fsp3) is 0.385. The van der Waals surface area contributed by atoms with Crippen molar-refractivity contribution in [3.63, 3.8) is 0 Å². The average molecular weight is 342 g/mol. The van der Waals surface area contributed by atoms with Gasteiger partial charge in [0, 0.05) is 12.1 Å². The van der Waals surface area contributed by atoms with Crippen LogP contribution in [0.2, 0.25) is 0 Å². The average Bonchev–Trinajstić information content (AvgIpc) is 3.06. The van der Waals surface area contributed by atoms with E-state index >= 15 is 0 Å². The number of amides is 1. The Morgan fingerprint density at radius 2 is 2.10 bits per heavy atom. The smallest absolute Gasteiger partial charge is 0.311 e. The van der Waals surface area contributed by atoms with Gasteiger partial charge in [-0.15, -0.1) is 0 Å². The molecule has 0 spiro atoms. The van der Waals surface area contributed by atoms with Gasteiger partial charge >= 0.3 is 5.97 Å². The predicted molar refractivity (Wildman–Crippen MR) is 71.9 cm³/mol. The first-order chi connectivity index (χ1) is 9.52. The zero-order valence-electron chi connectivity index (χ0n) is 10.4. The normalized spacial score (nSPS) is 17.6. The summed E-state index contributed by atoms with van der Waals surface area (Å²) in [4.78, 5) is 23.1. The summed E-state index contributed by atoms with van der Waals surface area (Å²) in [6.45, 7) is 0.272. The first kappa shape index (κ1) is 13.2. The van der Waals surface area contributed by atoms with Crippen molar-refractivity contribution in [1.29, 1.82) is 0 Å². The highest BCUT2D eigenvalue weighted by atomic mass is 79.9. The Kier molecular flexibility index (Phi) is 3.08. The van der Waals surface area contributed by atoms with E-state index in [0.29, 0.717) is 34.4 Å². The van der Waals surface area contributed by atoms with E-state index in [9.17, 15) is 9.59 Å². The van der Waals surface area contributed by atoms with Gasteiger partial charge in [-0.1, -0.05) is 0 Å². The molecule has 106 valence electrons. The number of hydrogen-bond donors (Lipinski definition) is 2. The quantitative estimate of drug-likeness (QED) is 0.871. The zero-order chi connectivity index (χ0) is 14.3. The molecule has 0 saturated heterocycles. The van der Waals surface area contributed by atoms with Crippen LogP contribution in [0.3, 0.4) is 0 Å². The summed E-state index contributed by atoms with van der Waals surface area (Å²) < 4.78 is 11.1. The summed E-state index contributed by atoms with van der Waals surface area (Å²) in [7, 11) is 0. The molecule has 0 aromatic heterocycles. The molecule has 1 saturated carbocycles. The van der Waals surface area contributed by atoms with E-state index in [1.54, 1.807) is 12.1 Å². The Hall–Kier alpha value is -1.76. The van der Waals surface area contributed by atoms with Crippen LogP contribution < -0.4 is 14.8 Å². The van der Waals surface area contributed by atoms with Crippen molar-refractivity contribution in [2.24, 2.45) is 5.41 Å². The number of carbonyl (C=O) groups excluding carboxylic acids is 1. The van der Waals surface area contributed by atoms with Crippen molar-refractivity contribution in [2.45, 2.75) is 12.8 Å². The number of carbonyl (C=O) groups is 2. The molecule has 0 radical (unpaired) electrons. The molecule has 3 rings (SSSR count). The third-order valence-electron chi connectivity index (χ3n) is 3.58. The number of nitrogens with one attached hydrogen (secondary N) is 1. The maximum absolute atomic E-state index is 12.1. The molecule has 1 amide bonds. The van der Waals surface area contributed by atoms with Crippen LogP contribution in [-0.2, 0) is 4.79 Å². The maximum Gasteiger partial charge on any atom is 0.311 e. The molecule has 1 aromatic rings. The van der Waals surface area contributed by atoms with E-state index in [1.807, 2.05) is 0 Å². The Bertz CT molecular complexity index is 597. The summed E-state index contributed by atoms with van der Waals surface area (Å²) in [5, 5.41) is 11.7. The fourth-order valence-electron chi connectivity index (χ4n) is 2.07. The molecule has 0 atom stereocenters. The highest BCUT2D eigenvalue weighted by molar-refractivity contribution is 9.10. The maximum atomic E-state index is 12.1. The molecule has 2 N–H and O–H groups in total. The van der Waals surface area contributed by atoms with E-state index in [4.69, 9.17) is 14.6 Å². The summed E-state index contributed by atoms with van der Waals surface area (Å²) in [6, 6.07) is 3.21. The van der Waals surface area contributed by atoms with Crippen molar-refractivity contribution in [3.8, 4) is 11.5 Å². The number of aliphatic carboxylic acids is 1. The van der Waals surface area contributed by atoms with Crippen molar-refractivity contribution >= 4 is 27.8 Å². The van der Waals surface area contributed by atoms with Gasteiger partial charge in [0.15, 0.2) is 11.5 Å². The lowest BCUT2D eigenvalue weighted by molar-refractivity contribution is -0.143. The Morgan fingerprint density at radius 1 is 1.35 bits per heavy atom. The zero-order valence-corrected chi connectivity index (χ0v) is 12.0. The minimum atomic E-state index is -0.857. The lowest BCUT2D eigenvalue weighted by Gasteiger charge is -2.11. The van der Waals surface area contributed by atoms with Crippen molar-refractivity contribution < 1.29 is 24.2 Å². The van der Waals surface area contributed by atoms with Gasteiger partial charge in [0.05, 0.1) is 9.89 Å². The molecule has 0 bridgehead atoms. The van der Waals surface area contributed by atoms with Crippen LogP contribution in [0, 0.1) is 5.41 Å². The van der Waals surface area contributed by atoms with E-state index in [-0.39, 0.29) is 19.2 Å². The topological polar surface area (TPSA) is 84.9 Å². The Balaban J connectivity index is 1.72. The second-order valence-electron chi connectivity index (χ2n) is 4.96. The molecular weight excluding hydrogens is 330 g/mol. The van der Waals surface area contributed by atoms with Crippen LogP contribution in [0.4, 0.5) is 0 Å². The van der Waals surface area contributed by atoms with Gasteiger partial charge in [0.1, 0.15) is 0 Å². The molecule has 1 aliphatic heterocycles. The second-order valence-corrected chi connectivity index (χ2v) is 5.81. The third-order valence-corrected chi connectivity index (χ3v) is 4.17. The van der Waals surface area contributed by atoms with Crippen molar-refractivity contribution in [2.75, 3.05) is 13.3 Å². The first-order valence-corrected chi connectivity index (χ1v) is 6.92. The van der Waals surface area contributed by atoms with Gasteiger partial charge < -0.3 is 19.9 Å². The number of benzene rings is 1. The Labute approximate surface area is 123 Å². The number of rotatable bonds is 4. The van der Waals surface area contributed by atoms with Gasteiger partial charge in [-0.2, -0.15) is 0 Å². The molecule has 1 aromatic carbocycles. The first-order valence-electron chi connectivity index (χ1n) is 6.13. The van der Waals surface area contributed by atoms with Gasteiger partial charge in [0.2, 0.25) is 6.79 Å². The second kappa shape index (κ2) is 4.66. The van der Waals surface area contributed by atoms with Crippen LogP contribution in [0.1, 0.15) is 23.2 Å². The number of fused-ring (bicyclic) bond motifs is 1. The van der Waals surface area contributed by atoms with E-state index in [2.05, 4.69) is 21.2 Å². The third kappa shape index (κ3) is 2.22. The standard InChI is InChI=1S/C13H12BrNO5/c14-8-3-7(4-9-10(8)20-6-19-9)11(16)15-5-13(1-2-13)12(17)18/h3-4H,1-2,5-6H2,(H,15,16)(H,17,18). The fourth-order valence-corrected chi connectivity index (χ4v) is 2.62. The summed E-state index contributed by atoms with van der Waals surface area (Å²) in [5.74, 6) is -0.101. The van der Waals surface area contributed by atoms with E-state index in [1.165, 1.54) is 0 Å². The highest BCUT2D eigenvalue weighted by Crippen LogP contribution is 2.45. The minimum absolute atomic E-state index is 0.126. The summed E-state index contributed by atoms with van der Waals surface area (Å²) >= 11 is 3.31. The van der Waals surface area contributed by atoms with Gasteiger partial charge in [-0.05, 0) is 40.9 Å². The van der Waals surface area contributed by atoms with Crippen molar-refractivity contribution in [3.05, 3.63) is 22.2 Å². The lowest BCUT2D eigenvalue weighted by atomic mass is 10.1. The monoisotopic (exact) mass is 341 g/mol. The molecule has 2 aliphatic rings. The summed E-state index contributed by atoms with van der Waals surface area (Å²) in [5.41, 5.74) is -0.370.